The zero-order chi connectivity index (χ0) is 13.8. The first-order valence-corrected chi connectivity index (χ1v) is 6.66. The van der Waals surface area contributed by atoms with Gasteiger partial charge in [-0.15, -0.1) is 0 Å². The number of imidazole rings is 1. The van der Waals surface area contributed by atoms with E-state index in [4.69, 9.17) is 10.5 Å². The molecule has 4 nitrogen and oxygen atoms in total. The summed E-state index contributed by atoms with van der Waals surface area (Å²) in [5.74, 6) is 0.412. The maximum atomic E-state index is 13.0. The van der Waals surface area contributed by atoms with E-state index in [0.29, 0.717) is 23.3 Å². The Bertz CT molecular complexity index is 559. The van der Waals surface area contributed by atoms with Crippen LogP contribution in [0.2, 0.25) is 0 Å². The third-order valence-corrected chi connectivity index (χ3v) is 3.46. The van der Waals surface area contributed by atoms with Crippen LogP contribution in [0.3, 0.4) is 0 Å². The second-order valence-corrected chi connectivity index (χ2v) is 5.05. The summed E-state index contributed by atoms with van der Waals surface area (Å²) in [6, 6.07) is 4.32. The fourth-order valence-electron chi connectivity index (χ4n) is 1.75. The summed E-state index contributed by atoms with van der Waals surface area (Å²) in [4.78, 5) is 7.41. The van der Waals surface area contributed by atoms with Crippen LogP contribution in [0.5, 0.6) is 0 Å². The van der Waals surface area contributed by atoms with Crippen LogP contribution in [0.1, 0.15) is 18.3 Å². The van der Waals surface area contributed by atoms with Gasteiger partial charge in [-0.3, -0.25) is 0 Å². The van der Waals surface area contributed by atoms with E-state index in [1.165, 1.54) is 12.1 Å². The highest BCUT2D eigenvalue weighted by atomic mass is 79.9. The van der Waals surface area contributed by atoms with E-state index in [1.807, 2.05) is 0 Å². The standard InChI is InChI=1S/C13H15BrFN3O/c1-19-5-4-11(16)13-17-7-12(18-13)9-3-2-8(15)6-10(9)14/h2-3,6-7,11H,4-5,16H2,1H3,(H,17,18). The Morgan fingerprint density at radius 1 is 1.53 bits per heavy atom. The van der Waals surface area contributed by atoms with Gasteiger partial charge in [0.2, 0.25) is 0 Å². The minimum Gasteiger partial charge on any atom is -0.385 e. The molecular formula is C13H15BrFN3O. The van der Waals surface area contributed by atoms with Crippen molar-refractivity contribution in [2.45, 2.75) is 12.5 Å². The lowest BCUT2D eigenvalue weighted by Crippen LogP contribution is -2.14. The summed E-state index contributed by atoms with van der Waals surface area (Å²) in [5, 5.41) is 0. The average Bonchev–Trinajstić information content (AvgIpc) is 2.85. The van der Waals surface area contributed by atoms with Gasteiger partial charge < -0.3 is 15.5 Å². The topological polar surface area (TPSA) is 63.9 Å². The summed E-state index contributed by atoms with van der Waals surface area (Å²) < 4.78 is 18.7. The van der Waals surface area contributed by atoms with E-state index in [1.54, 1.807) is 19.4 Å². The van der Waals surface area contributed by atoms with Crippen molar-refractivity contribution in [2.75, 3.05) is 13.7 Å². The van der Waals surface area contributed by atoms with E-state index < -0.39 is 0 Å². The lowest BCUT2D eigenvalue weighted by Gasteiger charge is -2.07. The van der Waals surface area contributed by atoms with Crippen LogP contribution in [0.15, 0.2) is 28.9 Å². The maximum absolute atomic E-state index is 13.0. The molecule has 102 valence electrons. The molecule has 2 rings (SSSR count). The molecule has 19 heavy (non-hydrogen) atoms. The van der Waals surface area contributed by atoms with Crippen molar-refractivity contribution in [1.29, 1.82) is 0 Å². The summed E-state index contributed by atoms with van der Waals surface area (Å²) >= 11 is 3.33. The monoisotopic (exact) mass is 327 g/mol. The number of methoxy groups -OCH3 is 1. The second kappa shape index (κ2) is 6.27. The molecule has 0 spiro atoms. The van der Waals surface area contributed by atoms with Crippen LogP contribution in [-0.2, 0) is 4.74 Å². The van der Waals surface area contributed by atoms with Crippen molar-refractivity contribution in [2.24, 2.45) is 5.73 Å². The Labute approximate surface area is 119 Å². The largest absolute Gasteiger partial charge is 0.385 e. The van der Waals surface area contributed by atoms with Crippen LogP contribution in [-0.4, -0.2) is 23.7 Å². The molecule has 0 aliphatic rings. The van der Waals surface area contributed by atoms with Gasteiger partial charge >= 0.3 is 0 Å². The van der Waals surface area contributed by atoms with Gasteiger partial charge in [0.05, 0.1) is 17.9 Å². The molecule has 1 aromatic heterocycles. The lowest BCUT2D eigenvalue weighted by atomic mass is 10.2. The molecule has 0 saturated carbocycles. The molecule has 0 saturated heterocycles. The van der Waals surface area contributed by atoms with Crippen molar-refractivity contribution >= 4 is 15.9 Å². The van der Waals surface area contributed by atoms with Gasteiger partial charge in [0, 0.05) is 23.8 Å². The molecule has 0 bridgehead atoms. The van der Waals surface area contributed by atoms with Crippen molar-refractivity contribution < 1.29 is 9.13 Å². The first-order valence-electron chi connectivity index (χ1n) is 5.86. The zero-order valence-corrected chi connectivity index (χ0v) is 12.1. The van der Waals surface area contributed by atoms with Crippen LogP contribution in [0, 0.1) is 5.82 Å². The highest BCUT2D eigenvalue weighted by Gasteiger charge is 2.12. The van der Waals surface area contributed by atoms with E-state index >= 15 is 0 Å². The average molecular weight is 328 g/mol. The lowest BCUT2D eigenvalue weighted by molar-refractivity contribution is 0.187. The maximum Gasteiger partial charge on any atom is 0.124 e. The number of nitrogens with one attached hydrogen (secondary N) is 1. The predicted molar refractivity (Wildman–Crippen MR) is 75.1 cm³/mol. The summed E-state index contributed by atoms with van der Waals surface area (Å²) in [6.07, 6.45) is 2.38. The van der Waals surface area contributed by atoms with Crippen molar-refractivity contribution in [1.82, 2.24) is 9.97 Å². The van der Waals surface area contributed by atoms with Gasteiger partial charge in [0.15, 0.2) is 0 Å². The summed E-state index contributed by atoms with van der Waals surface area (Å²) in [5.41, 5.74) is 7.64. The molecule has 3 N–H and O–H groups in total. The van der Waals surface area contributed by atoms with Gasteiger partial charge in [-0.2, -0.15) is 0 Å². The number of hydrogen-bond acceptors (Lipinski definition) is 3. The highest BCUT2D eigenvalue weighted by molar-refractivity contribution is 9.10. The third-order valence-electron chi connectivity index (χ3n) is 2.80. The molecule has 0 fully saturated rings. The Kier molecular flexibility index (Phi) is 4.68. The SMILES string of the molecule is COCCC(N)c1ncc(-c2ccc(F)cc2Br)[nH]1. The van der Waals surface area contributed by atoms with Crippen LogP contribution < -0.4 is 5.73 Å². The first-order chi connectivity index (χ1) is 9.11. The third kappa shape index (κ3) is 3.40. The smallest absolute Gasteiger partial charge is 0.124 e. The van der Waals surface area contributed by atoms with E-state index in [2.05, 4.69) is 25.9 Å². The van der Waals surface area contributed by atoms with Gasteiger partial charge in [-0.05, 0) is 40.5 Å². The molecule has 0 aliphatic heterocycles. The molecular weight excluding hydrogens is 313 g/mol. The summed E-state index contributed by atoms with van der Waals surface area (Å²) in [6.45, 7) is 0.581. The van der Waals surface area contributed by atoms with Crippen molar-refractivity contribution in [3.63, 3.8) is 0 Å². The Balaban J connectivity index is 2.20. The Hall–Kier alpha value is -1.24. The van der Waals surface area contributed by atoms with E-state index in [0.717, 1.165) is 11.3 Å². The number of hydrogen-bond donors (Lipinski definition) is 2. The quantitative estimate of drug-likeness (QED) is 0.887. The molecule has 6 heteroatoms. The normalized spacial score (nSPS) is 12.6. The van der Waals surface area contributed by atoms with Crippen LogP contribution >= 0.6 is 15.9 Å². The molecule has 1 heterocycles. The van der Waals surface area contributed by atoms with Gasteiger partial charge in [0.1, 0.15) is 11.6 Å². The molecule has 0 aliphatic carbocycles. The number of nitrogens with two attached hydrogens (primary N) is 1. The Morgan fingerprint density at radius 2 is 2.32 bits per heavy atom. The van der Waals surface area contributed by atoms with Gasteiger partial charge in [-0.25, -0.2) is 9.37 Å². The second-order valence-electron chi connectivity index (χ2n) is 4.19. The minimum absolute atomic E-state index is 0.201. The molecule has 1 unspecified atom stereocenters. The van der Waals surface area contributed by atoms with Gasteiger partial charge in [0.25, 0.3) is 0 Å². The predicted octanol–water partition coefficient (Wildman–Crippen LogP) is 3.01. The number of nitrogens with zero attached hydrogens (tertiary/aromatic N) is 1. The Morgan fingerprint density at radius 3 is 3.00 bits per heavy atom. The number of aromatic nitrogens is 2. The van der Waals surface area contributed by atoms with Gasteiger partial charge in [-0.1, -0.05) is 0 Å². The summed E-state index contributed by atoms with van der Waals surface area (Å²) in [7, 11) is 1.63. The molecule has 1 aromatic carbocycles. The fraction of sp³-hybridized carbons (Fsp3) is 0.308. The number of benzene rings is 1. The van der Waals surface area contributed by atoms with E-state index in [9.17, 15) is 4.39 Å². The van der Waals surface area contributed by atoms with Crippen LogP contribution in [0.25, 0.3) is 11.3 Å². The molecule has 2 aromatic rings. The highest BCUT2D eigenvalue weighted by Crippen LogP contribution is 2.28. The fourth-order valence-corrected chi connectivity index (χ4v) is 2.32. The van der Waals surface area contributed by atoms with E-state index in [-0.39, 0.29) is 11.9 Å². The number of halogens is 2. The van der Waals surface area contributed by atoms with Crippen molar-refractivity contribution in [3.05, 3.63) is 40.5 Å². The molecule has 1 atom stereocenters. The number of H-pyrrole nitrogens is 1. The number of ether oxygens (including phenoxy) is 1. The zero-order valence-electron chi connectivity index (χ0n) is 10.5. The minimum atomic E-state index is -0.285. The number of aromatic amines is 1. The van der Waals surface area contributed by atoms with Crippen molar-refractivity contribution in [3.8, 4) is 11.3 Å². The number of rotatable bonds is 5. The first kappa shape index (κ1) is 14.2. The van der Waals surface area contributed by atoms with Crippen LogP contribution in [0.4, 0.5) is 4.39 Å². The molecule has 0 radical (unpaired) electrons. The molecule has 0 amide bonds.